The van der Waals surface area contributed by atoms with E-state index in [0.29, 0.717) is 17.4 Å². The van der Waals surface area contributed by atoms with Crippen molar-refractivity contribution in [2.75, 3.05) is 0 Å². The van der Waals surface area contributed by atoms with E-state index in [1.54, 1.807) is 6.92 Å². The third kappa shape index (κ3) is 1.88. The van der Waals surface area contributed by atoms with Gasteiger partial charge in [0.2, 0.25) is 0 Å². The SMILES string of the molecule is C=C(C)C(=O)OC12CC3CC1CC(CC(=O)O)(C3)C2. The normalized spacial score (nSPS) is 42.4. The molecule has 4 unspecified atom stereocenters. The number of carboxylic acid groups (broad SMARTS) is 1. The van der Waals surface area contributed by atoms with E-state index < -0.39 is 11.6 Å². The van der Waals surface area contributed by atoms with Crippen LogP contribution < -0.4 is 0 Å². The zero-order chi connectivity index (χ0) is 13.8. The summed E-state index contributed by atoms with van der Waals surface area (Å²) >= 11 is 0. The molecule has 4 fully saturated rings. The summed E-state index contributed by atoms with van der Waals surface area (Å²) < 4.78 is 5.76. The quantitative estimate of drug-likeness (QED) is 0.626. The van der Waals surface area contributed by atoms with Crippen LogP contribution in [0.1, 0.15) is 45.4 Å². The topological polar surface area (TPSA) is 63.6 Å². The van der Waals surface area contributed by atoms with Crippen LogP contribution in [0.2, 0.25) is 0 Å². The van der Waals surface area contributed by atoms with Crippen molar-refractivity contribution in [2.24, 2.45) is 17.3 Å². The number of ether oxygens (including phenoxy) is 1. The third-order valence-corrected chi connectivity index (χ3v) is 5.24. The number of aliphatic carboxylic acids is 1. The molecule has 104 valence electrons. The fourth-order valence-corrected chi connectivity index (χ4v) is 4.96. The van der Waals surface area contributed by atoms with Gasteiger partial charge < -0.3 is 9.84 Å². The first-order chi connectivity index (χ1) is 8.84. The molecular weight excluding hydrogens is 244 g/mol. The number of hydrogen-bond acceptors (Lipinski definition) is 3. The van der Waals surface area contributed by atoms with Gasteiger partial charge in [-0.05, 0) is 56.3 Å². The lowest BCUT2D eigenvalue weighted by atomic mass is 9.67. The van der Waals surface area contributed by atoms with Crippen molar-refractivity contribution < 1.29 is 19.4 Å². The highest BCUT2D eigenvalue weighted by atomic mass is 16.6. The molecule has 0 aromatic rings. The predicted molar refractivity (Wildman–Crippen MR) is 68.4 cm³/mol. The molecule has 0 amide bonds. The second kappa shape index (κ2) is 3.84. The summed E-state index contributed by atoms with van der Waals surface area (Å²) in [4.78, 5) is 22.9. The molecule has 0 spiro atoms. The number of carboxylic acids is 1. The molecule has 0 aromatic carbocycles. The first kappa shape index (κ1) is 12.7. The molecular formula is C15H20O4. The lowest BCUT2D eigenvalue weighted by Gasteiger charge is -2.39. The lowest BCUT2D eigenvalue weighted by Crippen LogP contribution is -2.39. The van der Waals surface area contributed by atoms with Gasteiger partial charge in [0, 0.05) is 5.57 Å². The highest BCUT2D eigenvalue weighted by Gasteiger charge is 2.66. The van der Waals surface area contributed by atoms with Gasteiger partial charge in [0.1, 0.15) is 5.60 Å². The molecule has 0 heterocycles. The van der Waals surface area contributed by atoms with Crippen molar-refractivity contribution in [3.63, 3.8) is 0 Å². The Balaban J connectivity index is 1.83. The molecule has 4 atom stereocenters. The molecule has 0 radical (unpaired) electrons. The van der Waals surface area contributed by atoms with Crippen molar-refractivity contribution in [1.82, 2.24) is 0 Å². The first-order valence-corrected chi connectivity index (χ1v) is 6.95. The molecule has 0 aromatic heterocycles. The average molecular weight is 264 g/mol. The Morgan fingerprint density at radius 1 is 1.37 bits per heavy atom. The Bertz CT molecular complexity index is 469. The Morgan fingerprint density at radius 2 is 2.11 bits per heavy atom. The Kier molecular flexibility index (Phi) is 2.57. The van der Waals surface area contributed by atoms with Gasteiger partial charge in [0.15, 0.2) is 0 Å². The maximum absolute atomic E-state index is 11.8. The Labute approximate surface area is 112 Å². The maximum Gasteiger partial charge on any atom is 0.333 e. The molecule has 4 heteroatoms. The molecule has 4 rings (SSSR count). The van der Waals surface area contributed by atoms with E-state index in [-0.39, 0.29) is 17.8 Å². The van der Waals surface area contributed by atoms with Crippen LogP contribution in [0, 0.1) is 17.3 Å². The van der Waals surface area contributed by atoms with E-state index in [0.717, 1.165) is 32.1 Å². The molecule has 0 aliphatic heterocycles. The van der Waals surface area contributed by atoms with E-state index in [9.17, 15) is 9.59 Å². The predicted octanol–water partition coefficient (Wildman–Crippen LogP) is 2.53. The molecule has 4 saturated carbocycles. The number of carbonyl (C=O) groups excluding carboxylic acids is 1. The van der Waals surface area contributed by atoms with Gasteiger partial charge in [-0.25, -0.2) is 4.79 Å². The summed E-state index contributed by atoms with van der Waals surface area (Å²) in [6, 6.07) is 0. The second-order valence-corrected chi connectivity index (χ2v) is 6.89. The van der Waals surface area contributed by atoms with Crippen molar-refractivity contribution >= 4 is 11.9 Å². The second-order valence-electron chi connectivity index (χ2n) is 6.89. The maximum atomic E-state index is 11.8. The summed E-state index contributed by atoms with van der Waals surface area (Å²) in [6.07, 6.45) is 4.84. The molecule has 19 heavy (non-hydrogen) atoms. The summed E-state index contributed by atoms with van der Waals surface area (Å²) in [5, 5.41) is 9.11. The molecule has 1 N–H and O–H groups in total. The highest BCUT2D eigenvalue weighted by Crippen LogP contribution is 2.68. The fourth-order valence-electron chi connectivity index (χ4n) is 4.96. The zero-order valence-electron chi connectivity index (χ0n) is 11.3. The molecule has 4 aliphatic carbocycles. The van der Waals surface area contributed by atoms with Crippen LogP contribution in [0.25, 0.3) is 0 Å². The van der Waals surface area contributed by atoms with E-state index in [1.807, 2.05) is 0 Å². The Hall–Kier alpha value is -1.32. The smallest absolute Gasteiger partial charge is 0.333 e. The van der Waals surface area contributed by atoms with Gasteiger partial charge in [-0.2, -0.15) is 0 Å². The highest BCUT2D eigenvalue weighted by molar-refractivity contribution is 5.87. The van der Waals surface area contributed by atoms with E-state index in [4.69, 9.17) is 9.84 Å². The van der Waals surface area contributed by atoms with Crippen LogP contribution in [0.4, 0.5) is 0 Å². The van der Waals surface area contributed by atoms with Crippen LogP contribution in [0.5, 0.6) is 0 Å². The number of carbonyl (C=O) groups is 2. The minimum Gasteiger partial charge on any atom is -0.481 e. The molecule has 0 saturated heterocycles. The van der Waals surface area contributed by atoms with Gasteiger partial charge in [0.25, 0.3) is 0 Å². The average Bonchev–Trinajstić information content (AvgIpc) is 2.59. The number of hydrogen-bond donors (Lipinski definition) is 1. The third-order valence-electron chi connectivity index (χ3n) is 5.24. The van der Waals surface area contributed by atoms with E-state index in [1.165, 1.54) is 0 Å². The van der Waals surface area contributed by atoms with Gasteiger partial charge in [0.05, 0.1) is 6.42 Å². The van der Waals surface area contributed by atoms with E-state index >= 15 is 0 Å². The standard InChI is InChI=1S/C15H20O4/c1-9(2)13(18)19-15-5-10-3-11(15)6-14(4-10,8-15)7-12(16)17/h10-11H,1,3-8H2,2H3,(H,16,17). The van der Waals surface area contributed by atoms with Crippen molar-refractivity contribution in [3.05, 3.63) is 12.2 Å². The first-order valence-electron chi connectivity index (χ1n) is 6.95. The largest absolute Gasteiger partial charge is 0.481 e. The molecule has 4 bridgehead atoms. The van der Waals surface area contributed by atoms with Crippen LogP contribution in [-0.4, -0.2) is 22.6 Å². The van der Waals surface area contributed by atoms with Gasteiger partial charge in [-0.1, -0.05) is 6.58 Å². The van der Waals surface area contributed by atoms with Crippen LogP contribution >= 0.6 is 0 Å². The van der Waals surface area contributed by atoms with E-state index in [2.05, 4.69) is 6.58 Å². The van der Waals surface area contributed by atoms with Gasteiger partial charge in [-0.3, -0.25) is 4.79 Å². The molecule has 4 aliphatic rings. The van der Waals surface area contributed by atoms with Crippen molar-refractivity contribution in [2.45, 2.75) is 51.0 Å². The molecule has 4 nitrogen and oxygen atoms in total. The van der Waals surface area contributed by atoms with Gasteiger partial charge >= 0.3 is 11.9 Å². The number of rotatable bonds is 4. The zero-order valence-corrected chi connectivity index (χ0v) is 11.3. The lowest BCUT2D eigenvalue weighted by molar-refractivity contribution is -0.159. The van der Waals surface area contributed by atoms with Crippen molar-refractivity contribution in [3.8, 4) is 0 Å². The summed E-state index contributed by atoms with van der Waals surface area (Å²) in [6.45, 7) is 5.29. The summed E-state index contributed by atoms with van der Waals surface area (Å²) in [5.74, 6) is -0.166. The summed E-state index contributed by atoms with van der Waals surface area (Å²) in [5.41, 5.74) is -0.102. The minimum atomic E-state index is -0.733. The fraction of sp³-hybridized carbons (Fsp3) is 0.733. The number of esters is 1. The Morgan fingerprint density at radius 3 is 2.74 bits per heavy atom. The summed E-state index contributed by atoms with van der Waals surface area (Å²) in [7, 11) is 0. The van der Waals surface area contributed by atoms with Crippen LogP contribution in [0.3, 0.4) is 0 Å². The van der Waals surface area contributed by atoms with Crippen LogP contribution in [-0.2, 0) is 14.3 Å². The van der Waals surface area contributed by atoms with Crippen LogP contribution in [0.15, 0.2) is 12.2 Å². The minimum absolute atomic E-state index is 0.132. The van der Waals surface area contributed by atoms with Gasteiger partial charge in [-0.15, -0.1) is 0 Å². The monoisotopic (exact) mass is 264 g/mol. The van der Waals surface area contributed by atoms with Crippen molar-refractivity contribution in [1.29, 1.82) is 0 Å².